The van der Waals surface area contributed by atoms with E-state index in [9.17, 15) is 4.79 Å². The van der Waals surface area contributed by atoms with Crippen LogP contribution in [0.25, 0.3) is 0 Å². The highest BCUT2D eigenvalue weighted by atomic mass is 16.1. The molecule has 1 aromatic rings. The van der Waals surface area contributed by atoms with Gasteiger partial charge in [-0.3, -0.25) is 4.79 Å². The number of benzene rings is 1. The summed E-state index contributed by atoms with van der Waals surface area (Å²) in [6.45, 7) is 5.32. The van der Waals surface area contributed by atoms with Crippen molar-refractivity contribution in [1.29, 1.82) is 0 Å². The molecule has 19 heavy (non-hydrogen) atoms. The molecule has 4 heteroatoms. The molecular weight excluding hydrogens is 238 g/mol. The number of nitrogens with one attached hydrogen (secondary N) is 1. The molecule has 1 aromatic carbocycles. The van der Waals surface area contributed by atoms with E-state index in [2.05, 4.69) is 10.2 Å². The Bertz CT molecular complexity index is 492. The number of nitrogens with zero attached hydrogens (tertiary/aromatic N) is 1. The summed E-state index contributed by atoms with van der Waals surface area (Å²) >= 11 is 0. The molecule has 0 radical (unpaired) electrons. The number of nitrogens with two attached hydrogens (primary N) is 1. The van der Waals surface area contributed by atoms with Gasteiger partial charge in [0.2, 0.25) is 0 Å². The van der Waals surface area contributed by atoms with Crippen molar-refractivity contribution in [2.45, 2.75) is 25.8 Å². The Balaban J connectivity index is 1.73. The standard InChI is InChI=1S/C15H21N3O/c1-10-2-3-12(16)8-13(10)15(19)17-14-9-18-6-4-11(14)5-7-18/h2-3,8,11,14H,4-7,9,16H2,1H3,(H,17,19). The molecule has 3 aliphatic rings. The van der Waals surface area contributed by atoms with Crippen molar-refractivity contribution >= 4 is 11.6 Å². The highest BCUT2D eigenvalue weighted by Crippen LogP contribution is 2.27. The Labute approximate surface area is 114 Å². The molecule has 1 amide bonds. The van der Waals surface area contributed by atoms with Gasteiger partial charge in [-0.25, -0.2) is 0 Å². The van der Waals surface area contributed by atoms with Gasteiger partial charge in [0.1, 0.15) is 0 Å². The van der Waals surface area contributed by atoms with Gasteiger partial charge in [0.05, 0.1) is 0 Å². The van der Waals surface area contributed by atoms with Crippen molar-refractivity contribution in [3.05, 3.63) is 29.3 Å². The quantitative estimate of drug-likeness (QED) is 0.789. The molecule has 3 saturated heterocycles. The van der Waals surface area contributed by atoms with Crippen LogP contribution < -0.4 is 11.1 Å². The van der Waals surface area contributed by atoms with Crippen molar-refractivity contribution < 1.29 is 4.79 Å². The van der Waals surface area contributed by atoms with Gasteiger partial charge in [-0.1, -0.05) is 6.07 Å². The largest absolute Gasteiger partial charge is 0.399 e. The van der Waals surface area contributed by atoms with Crippen LogP contribution >= 0.6 is 0 Å². The molecule has 102 valence electrons. The first-order valence-corrected chi connectivity index (χ1v) is 7.03. The molecule has 3 N–H and O–H groups in total. The molecule has 4 nitrogen and oxygen atoms in total. The zero-order valence-corrected chi connectivity index (χ0v) is 11.4. The molecule has 0 aliphatic carbocycles. The van der Waals surface area contributed by atoms with Crippen LogP contribution in [-0.4, -0.2) is 36.5 Å². The molecule has 3 aliphatic heterocycles. The first kappa shape index (κ1) is 12.5. The summed E-state index contributed by atoms with van der Waals surface area (Å²) in [5, 5.41) is 3.20. The lowest BCUT2D eigenvalue weighted by Gasteiger charge is -2.45. The Hall–Kier alpha value is -1.55. The highest BCUT2D eigenvalue weighted by Gasteiger charge is 2.35. The molecule has 4 rings (SSSR count). The molecule has 2 bridgehead atoms. The molecule has 0 spiro atoms. The van der Waals surface area contributed by atoms with Crippen LogP contribution in [0.2, 0.25) is 0 Å². The first-order chi connectivity index (χ1) is 9.13. The second-order valence-electron chi connectivity index (χ2n) is 5.79. The number of carbonyl (C=O) groups excluding carboxylic acids is 1. The lowest BCUT2D eigenvalue weighted by Crippen LogP contribution is -2.57. The zero-order valence-electron chi connectivity index (χ0n) is 11.4. The van der Waals surface area contributed by atoms with Crippen LogP contribution in [-0.2, 0) is 0 Å². The van der Waals surface area contributed by atoms with Crippen LogP contribution in [0.15, 0.2) is 18.2 Å². The summed E-state index contributed by atoms with van der Waals surface area (Å²) in [6.07, 6.45) is 2.42. The summed E-state index contributed by atoms with van der Waals surface area (Å²) in [5.41, 5.74) is 8.10. The fourth-order valence-corrected chi connectivity index (χ4v) is 3.26. The third kappa shape index (κ3) is 2.45. The van der Waals surface area contributed by atoms with E-state index in [1.54, 1.807) is 6.07 Å². The smallest absolute Gasteiger partial charge is 0.251 e. The number of amides is 1. The minimum atomic E-state index is 0.0172. The number of aryl methyl sites for hydroxylation is 1. The number of rotatable bonds is 2. The van der Waals surface area contributed by atoms with Crippen LogP contribution in [0.3, 0.4) is 0 Å². The second-order valence-corrected chi connectivity index (χ2v) is 5.79. The Morgan fingerprint density at radius 2 is 2.11 bits per heavy atom. The fourth-order valence-electron chi connectivity index (χ4n) is 3.26. The van der Waals surface area contributed by atoms with Crippen molar-refractivity contribution in [3.8, 4) is 0 Å². The molecular formula is C15H21N3O. The Morgan fingerprint density at radius 3 is 2.74 bits per heavy atom. The van der Waals surface area contributed by atoms with Crippen LogP contribution in [0.5, 0.6) is 0 Å². The van der Waals surface area contributed by atoms with Gasteiger partial charge in [0, 0.05) is 23.8 Å². The predicted octanol–water partition coefficient (Wildman–Crippen LogP) is 1.40. The topological polar surface area (TPSA) is 58.4 Å². The van der Waals surface area contributed by atoms with Gasteiger partial charge in [0.25, 0.3) is 5.91 Å². The van der Waals surface area contributed by atoms with Gasteiger partial charge in [-0.05, 0) is 56.5 Å². The fraction of sp³-hybridized carbons (Fsp3) is 0.533. The molecule has 1 atom stereocenters. The number of hydrogen-bond donors (Lipinski definition) is 2. The summed E-state index contributed by atoms with van der Waals surface area (Å²) in [5.74, 6) is 0.666. The van der Waals surface area contributed by atoms with E-state index in [0.29, 0.717) is 23.2 Å². The predicted molar refractivity (Wildman–Crippen MR) is 76.0 cm³/mol. The summed E-state index contributed by atoms with van der Waals surface area (Å²) < 4.78 is 0. The molecule has 1 unspecified atom stereocenters. The molecule has 3 heterocycles. The average Bonchev–Trinajstić information content (AvgIpc) is 2.43. The normalized spacial score (nSPS) is 29.2. The minimum absolute atomic E-state index is 0.0172. The van der Waals surface area contributed by atoms with Crippen molar-refractivity contribution in [1.82, 2.24) is 10.2 Å². The molecule has 3 fully saturated rings. The van der Waals surface area contributed by atoms with Gasteiger partial charge < -0.3 is 16.0 Å². The lowest BCUT2D eigenvalue weighted by molar-refractivity contribution is 0.0620. The van der Waals surface area contributed by atoms with E-state index in [-0.39, 0.29) is 5.91 Å². The van der Waals surface area contributed by atoms with Crippen LogP contribution in [0.4, 0.5) is 5.69 Å². The van der Waals surface area contributed by atoms with E-state index in [4.69, 9.17) is 5.73 Å². The SMILES string of the molecule is Cc1ccc(N)cc1C(=O)NC1CN2CCC1CC2. The first-order valence-electron chi connectivity index (χ1n) is 7.03. The van der Waals surface area contributed by atoms with Gasteiger partial charge >= 0.3 is 0 Å². The van der Waals surface area contributed by atoms with E-state index < -0.39 is 0 Å². The summed E-state index contributed by atoms with van der Waals surface area (Å²) in [6, 6.07) is 5.81. The Kier molecular flexibility index (Phi) is 3.19. The number of piperidine rings is 3. The van der Waals surface area contributed by atoms with Crippen LogP contribution in [0, 0.1) is 12.8 Å². The maximum absolute atomic E-state index is 12.4. The maximum atomic E-state index is 12.4. The molecule has 0 aromatic heterocycles. The van der Waals surface area contributed by atoms with Crippen LogP contribution in [0.1, 0.15) is 28.8 Å². The van der Waals surface area contributed by atoms with Crippen molar-refractivity contribution in [2.24, 2.45) is 5.92 Å². The monoisotopic (exact) mass is 259 g/mol. The second kappa shape index (κ2) is 4.85. The minimum Gasteiger partial charge on any atom is -0.399 e. The van der Waals surface area contributed by atoms with Gasteiger partial charge in [-0.15, -0.1) is 0 Å². The number of anilines is 1. The van der Waals surface area contributed by atoms with Crippen molar-refractivity contribution in [3.63, 3.8) is 0 Å². The summed E-state index contributed by atoms with van der Waals surface area (Å²) in [4.78, 5) is 14.8. The lowest BCUT2D eigenvalue weighted by atomic mass is 9.84. The van der Waals surface area contributed by atoms with Gasteiger partial charge in [0.15, 0.2) is 0 Å². The summed E-state index contributed by atoms with van der Waals surface area (Å²) in [7, 11) is 0. The maximum Gasteiger partial charge on any atom is 0.251 e. The van der Waals surface area contributed by atoms with E-state index in [0.717, 1.165) is 12.1 Å². The van der Waals surface area contributed by atoms with E-state index in [1.807, 2.05) is 19.1 Å². The number of nitrogen functional groups attached to an aromatic ring is 1. The van der Waals surface area contributed by atoms with E-state index >= 15 is 0 Å². The van der Waals surface area contributed by atoms with Crippen molar-refractivity contribution in [2.75, 3.05) is 25.4 Å². The zero-order chi connectivity index (χ0) is 13.4. The Morgan fingerprint density at radius 1 is 1.37 bits per heavy atom. The number of fused-ring (bicyclic) bond motifs is 3. The third-order valence-electron chi connectivity index (χ3n) is 4.48. The average molecular weight is 259 g/mol. The molecule has 0 saturated carbocycles. The number of hydrogen-bond acceptors (Lipinski definition) is 3. The highest BCUT2D eigenvalue weighted by molar-refractivity contribution is 5.96. The third-order valence-corrected chi connectivity index (χ3v) is 4.48. The number of carbonyl (C=O) groups is 1. The van der Waals surface area contributed by atoms with E-state index in [1.165, 1.54) is 25.9 Å². The van der Waals surface area contributed by atoms with Gasteiger partial charge in [-0.2, -0.15) is 0 Å².